The van der Waals surface area contributed by atoms with E-state index >= 15 is 0 Å². The van der Waals surface area contributed by atoms with E-state index in [-0.39, 0.29) is 5.41 Å². The Labute approximate surface area is 149 Å². The molecule has 0 aliphatic rings. The summed E-state index contributed by atoms with van der Waals surface area (Å²) in [5, 5.41) is 12.3. The number of amides is 1. The smallest absolute Gasteiger partial charge is 0.405 e. The normalized spacial score (nSPS) is 14.1. The summed E-state index contributed by atoms with van der Waals surface area (Å²) in [6.07, 6.45) is 4.62. The van der Waals surface area contributed by atoms with Crippen LogP contribution in [-0.2, 0) is 5.54 Å². The van der Waals surface area contributed by atoms with E-state index in [1.54, 1.807) is 0 Å². The fourth-order valence-corrected chi connectivity index (χ4v) is 3.28. The van der Waals surface area contributed by atoms with E-state index in [0.29, 0.717) is 12.2 Å². The van der Waals surface area contributed by atoms with Gasteiger partial charge in [-0.2, -0.15) is 0 Å². The number of benzene rings is 1. The van der Waals surface area contributed by atoms with Crippen molar-refractivity contribution in [2.24, 2.45) is 5.41 Å². The van der Waals surface area contributed by atoms with Gasteiger partial charge in [0, 0.05) is 11.8 Å². The predicted molar refractivity (Wildman–Crippen MR) is 100 cm³/mol. The third-order valence-corrected chi connectivity index (χ3v) is 4.81. The molecule has 1 aromatic carbocycles. The van der Waals surface area contributed by atoms with Crippen molar-refractivity contribution in [3.63, 3.8) is 0 Å². The second-order valence-corrected chi connectivity index (χ2v) is 7.54. The van der Waals surface area contributed by atoms with E-state index in [0.717, 1.165) is 30.5 Å². The van der Waals surface area contributed by atoms with Crippen LogP contribution in [0.25, 0.3) is 11.3 Å². The Hall–Kier alpha value is -2.30. The lowest BCUT2D eigenvalue weighted by Crippen LogP contribution is -2.54. The number of hydrogen-bond acceptors (Lipinski definition) is 2. The predicted octanol–water partition coefficient (Wildman–Crippen LogP) is 5.17. The number of unbranched alkanes of at least 4 members (excludes halogenated alkanes) is 2. The molecule has 2 aromatic rings. The van der Waals surface area contributed by atoms with Crippen molar-refractivity contribution >= 4 is 6.09 Å². The van der Waals surface area contributed by atoms with Crippen LogP contribution in [-0.4, -0.2) is 21.2 Å². The number of aromatic amines is 1. The van der Waals surface area contributed by atoms with E-state index in [9.17, 15) is 9.90 Å². The number of hydrogen-bond donors (Lipinski definition) is 3. The highest BCUT2D eigenvalue weighted by Gasteiger charge is 2.46. The second kappa shape index (κ2) is 7.72. The van der Waals surface area contributed by atoms with Crippen LogP contribution in [0.4, 0.5) is 4.79 Å². The van der Waals surface area contributed by atoms with Gasteiger partial charge < -0.3 is 15.4 Å². The fraction of sp³-hybridized carbons (Fsp3) is 0.500. The zero-order valence-corrected chi connectivity index (χ0v) is 15.6. The summed E-state index contributed by atoms with van der Waals surface area (Å²) in [5.74, 6) is 0.678. The summed E-state index contributed by atoms with van der Waals surface area (Å²) in [6.45, 7) is 8.31. The molecular weight excluding hydrogens is 314 g/mol. The van der Waals surface area contributed by atoms with Crippen molar-refractivity contribution in [1.82, 2.24) is 15.3 Å². The molecule has 0 radical (unpaired) electrons. The Balaban J connectivity index is 2.46. The average molecular weight is 343 g/mol. The molecule has 5 heteroatoms. The monoisotopic (exact) mass is 343 g/mol. The van der Waals surface area contributed by atoms with Crippen LogP contribution < -0.4 is 5.32 Å². The van der Waals surface area contributed by atoms with Gasteiger partial charge >= 0.3 is 6.09 Å². The van der Waals surface area contributed by atoms with E-state index in [2.05, 4.69) is 38.0 Å². The number of nitrogens with zero attached hydrogens (tertiary/aromatic N) is 1. The van der Waals surface area contributed by atoms with Crippen molar-refractivity contribution in [1.29, 1.82) is 0 Å². The third-order valence-electron chi connectivity index (χ3n) is 4.81. The van der Waals surface area contributed by atoms with Gasteiger partial charge in [-0.1, -0.05) is 77.3 Å². The number of rotatable bonds is 7. The fourth-order valence-electron chi connectivity index (χ4n) is 3.28. The van der Waals surface area contributed by atoms with Crippen LogP contribution in [0, 0.1) is 5.41 Å². The molecule has 0 bridgehead atoms. The van der Waals surface area contributed by atoms with Crippen LogP contribution in [0.1, 0.15) is 59.2 Å². The molecule has 0 saturated carbocycles. The minimum Gasteiger partial charge on any atom is -0.465 e. The van der Waals surface area contributed by atoms with Crippen molar-refractivity contribution in [3.8, 4) is 11.3 Å². The van der Waals surface area contributed by atoms with E-state index in [1.807, 2.05) is 36.5 Å². The molecule has 1 amide bonds. The first-order chi connectivity index (χ1) is 11.8. The molecule has 5 nitrogen and oxygen atoms in total. The molecule has 1 heterocycles. The summed E-state index contributed by atoms with van der Waals surface area (Å²) >= 11 is 0. The highest BCUT2D eigenvalue weighted by Crippen LogP contribution is 2.42. The topological polar surface area (TPSA) is 78.0 Å². The molecule has 1 unspecified atom stereocenters. The van der Waals surface area contributed by atoms with Crippen LogP contribution in [0.3, 0.4) is 0 Å². The molecule has 1 aromatic heterocycles. The lowest BCUT2D eigenvalue weighted by Gasteiger charge is -2.43. The van der Waals surface area contributed by atoms with Gasteiger partial charge in [0.1, 0.15) is 11.4 Å². The molecule has 136 valence electrons. The van der Waals surface area contributed by atoms with Crippen LogP contribution >= 0.6 is 0 Å². The van der Waals surface area contributed by atoms with E-state index < -0.39 is 11.6 Å². The number of nitrogens with one attached hydrogen (secondary N) is 2. The first kappa shape index (κ1) is 19.0. The highest BCUT2D eigenvalue weighted by molar-refractivity contribution is 5.66. The Morgan fingerprint density at radius 2 is 1.88 bits per heavy atom. The van der Waals surface area contributed by atoms with Gasteiger partial charge in [-0.15, -0.1) is 0 Å². The maximum absolute atomic E-state index is 11.6. The number of aromatic nitrogens is 2. The van der Waals surface area contributed by atoms with Crippen molar-refractivity contribution < 1.29 is 9.90 Å². The van der Waals surface area contributed by atoms with Crippen LogP contribution in [0.5, 0.6) is 0 Å². The molecule has 0 saturated heterocycles. The van der Waals surface area contributed by atoms with Crippen molar-refractivity contribution in [3.05, 3.63) is 42.4 Å². The van der Waals surface area contributed by atoms with Gasteiger partial charge in [0.15, 0.2) is 0 Å². The Morgan fingerprint density at radius 1 is 1.20 bits per heavy atom. The number of carboxylic acid groups (broad SMARTS) is 1. The standard InChI is InChI=1S/C20H29N3O2/c1-5-6-10-13-20(19(2,3)4,23-18(24)25)17-21-14-16(22-17)15-11-8-7-9-12-15/h7-9,11-12,14,23H,5-6,10,13H2,1-4H3,(H,21,22)(H,24,25). The van der Waals surface area contributed by atoms with Crippen molar-refractivity contribution in [2.45, 2.75) is 58.9 Å². The molecule has 0 spiro atoms. The maximum atomic E-state index is 11.6. The molecule has 25 heavy (non-hydrogen) atoms. The van der Waals surface area contributed by atoms with E-state index in [1.165, 1.54) is 0 Å². The van der Waals surface area contributed by atoms with Crippen LogP contribution in [0.15, 0.2) is 36.5 Å². The first-order valence-electron chi connectivity index (χ1n) is 8.92. The summed E-state index contributed by atoms with van der Waals surface area (Å²) in [6, 6.07) is 9.91. The van der Waals surface area contributed by atoms with Gasteiger partial charge in [-0.25, -0.2) is 9.78 Å². The molecule has 0 aliphatic heterocycles. The van der Waals surface area contributed by atoms with Gasteiger partial charge in [-0.05, 0) is 11.8 Å². The lowest BCUT2D eigenvalue weighted by molar-refractivity contribution is 0.0995. The highest BCUT2D eigenvalue weighted by atomic mass is 16.4. The molecule has 2 rings (SSSR count). The molecule has 0 fully saturated rings. The third kappa shape index (κ3) is 4.21. The van der Waals surface area contributed by atoms with E-state index in [4.69, 9.17) is 4.98 Å². The molecule has 3 N–H and O–H groups in total. The van der Waals surface area contributed by atoms with Gasteiger partial charge in [0.05, 0.1) is 5.69 Å². The summed E-state index contributed by atoms with van der Waals surface area (Å²) < 4.78 is 0. The molecular formula is C20H29N3O2. The van der Waals surface area contributed by atoms with Crippen LogP contribution in [0.2, 0.25) is 0 Å². The quantitative estimate of drug-likeness (QED) is 0.607. The van der Waals surface area contributed by atoms with Gasteiger partial charge in [0.2, 0.25) is 0 Å². The number of imidazole rings is 1. The lowest BCUT2D eigenvalue weighted by atomic mass is 9.70. The number of H-pyrrole nitrogens is 1. The minimum atomic E-state index is -1.02. The maximum Gasteiger partial charge on any atom is 0.405 e. The summed E-state index contributed by atoms with van der Waals surface area (Å²) in [4.78, 5) is 19.6. The molecule has 1 atom stereocenters. The zero-order valence-electron chi connectivity index (χ0n) is 15.6. The minimum absolute atomic E-state index is 0.328. The molecule has 0 aliphatic carbocycles. The SMILES string of the molecule is CCCCCC(NC(=O)O)(c1nc(-c2ccccc2)c[nH]1)C(C)(C)C. The Kier molecular flexibility index (Phi) is 5.88. The van der Waals surface area contributed by atoms with Crippen molar-refractivity contribution in [2.75, 3.05) is 0 Å². The first-order valence-corrected chi connectivity index (χ1v) is 8.92. The Bertz CT molecular complexity index is 688. The largest absolute Gasteiger partial charge is 0.465 e. The second-order valence-electron chi connectivity index (χ2n) is 7.54. The van der Waals surface area contributed by atoms with Gasteiger partial charge in [-0.3, -0.25) is 0 Å². The zero-order chi connectivity index (χ0) is 18.5. The average Bonchev–Trinajstić information content (AvgIpc) is 3.03. The number of carbonyl (C=O) groups is 1. The summed E-state index contributed by atoms with van der Waals surface area (Å²) in [5.41, 5.74) is 0.745. The van der Waals surface area contributed by atoms with Gasteiger partial charge in [0.25, 0.3) is 0 Å². The Morgan fingerprint density at radius 3 is 2.44 bits per heavy atom. The summed E-state index contributed by atoms with van der Waals surface area (Å²) in [7, 11) is 0.